The quantitative estimate of drug-likeness (QED) is 0.321. The second kappa shape index (κ2) is 5.53. The average Bonchev–Trinajstić information content (AvgIpc) is 2.85. The zero-order valence-electron chi connectivity index (χ0n) is 12.3. The van der Waals surface area contributed by atoms with E-state index in [-0.39, 0.29) is 31.0 Å². The Morgan fingerprint density at radius 2 is 2.00 bits per heavy atom. The molecule has 0 bridgehead atoms. The average molecular weight is 357 g/mol. The van der Waals surface area contributed by atoms with Crippen LogP contribution < -0.4 is 5.32 Å². The second-order valence-corrected chi connectivity index (χ2v) is 6.88. The molecule has 0 aromatic heterocycles. The molecule has 24 heavy (non-hydrogen) atoms. The molecule has 0 radical (unpaired) electrons. The molecule has 2 unspecified atom stereocenters. The van der Waals surface area contributed by atoms with Gasteiger partial charge in [-0.1, -0.05) is 6.07 Å². The lowest BCUT2D eigenvalue weighted by molar-refractivity contribution is -0.143. The summed E-state index contributed by atoms with van der Waals surface area (Å²) in [5.74, 6) is -1.43. The van der Waals surface area contributed by atoms with Gasteiger partial charge in [0.05, 0.1) is 6.04 Å². The third-order valence-corrected chi connectivity index (χ3v) is 5.08. The van der Waals surface area contributed by atoms with E-state index in [1.165, 1.54) is 23.1 Å². The normalized spacial score (nSPS) is 23.0. The van der Waals surface area contributed by atoms with Gasteiger partial charge in [-0.05, 0) is 24.1 Å². The zero-order valence-corrected chi connectivity index (χ0v) is 13.1. The fourth-order valence-electron chi connectivity index (χ4n) is 3.00. The molecule has 1 aromatic carbocycles. The topological polar surface area (TPSA) is 147 Å². The Hall–Kier alpha value is -2.53. The Bertz CT molecular complexity index is 810. The van der Waals surface area contributed by atoms with E-state index in [1.807, 2.05) is 0 Å². The number of amides is 3. The van der Waals surface area contributed by atoms with E-state index in [2.05, 4.69) is 5.32 Å². The summed E-state index contributed by atoms with van der Waals surface area (Å²) in [4.78, 5) is 25.3. The van der Waals surface area contributed by atoms with Gasteiger partial charge in [-0.2, -0.15) is 8.42 Å². The maximum Gasteiger partial charge on any atom is 0.362 e. The van der Waals surface area contributed by atoms with Crippen molar-refractivity contribution in [3.8, 4) is 11.5 Å². The molecule has 0 saturated carbocycles. The van der Waals surface area contributed by atoms with E-state index in [0.29, 0.717) is 9.87 Å². The Labute approximate surface area is 137 Å². The Balaban J connectivity index is 1.63. The summed E-state index contributed by atoms with van der Waals surface area (Å²) in [7, 11) is -4.61. The molecule has 2 heterocycles. The van der Waals surface area contributed by atoms with Crippen molar-refractivity contribution in [2.75, 3.05) is 6.54 Å². The van der Waals surface area contributed by atoms with Crippen molar-refractivity contribution in [1.29, 1.82) is 0 Å². The number of phenolic OH excluding ortho intramolecular Hbond substituents is 2. The number of hydrogen-bond acceptors (Lipinski definition) is 6. The monoisotopic (exact) mass is 357 g/mol. The number of urea groups is 1. The predicted molar refractivity (Wildman–Crippen MR) is 79.3 cm³/mol. The Morgan fingerprint density at radius 1 is 1.29 bits per heavy atom. The van der Waals surface area contributed by atoms with Gasteiger partial charge in [0.2, 0.25) is 0 Å². The number of hydrogen-bond donors (Lipinski definition) is 4. The molecule has 2 saturated heterocycles. The van der Waals surface area contributed by atoms with E-state index in [4.69, 9.17) is 4.55 Å². The number of nitrogens with zero attached hydrogens (tertiary/aromatic N) is 2. The molecule has 2 aliphatic heterocycles. The SMILES string of the molecule is O=C(NCc1ccc(O)c(O)c1)N1CCC2C1C(=O)N2S(=O)(=O)O. The van der Waals surface area contributed by atoms with Crippen molar-refractivity contribution in [2.24, 2.45) is 0 Å². The largest absolute Gasteiger partial charge is 0.504 e. The molecule has 1 aromatic rings. The standard InChI is InChI=1S/C13H15N3O7S/c17-9-2-1-7(5-10(9)18)6-14-13(20)15-4-3-8-11(15)12(19)16(8)24(21,22)23/h1-2,5,8,11,17-18H,3-4,6H2,(H,14,20)(H,21,22,23). The molecule has 2 atom stereocenters. The third kappa shape index (κ3) is 2.61. The van der Waals surface area contributed by atoms with Crippen molar-refractivity contribution < 1.29 is 32.8 Å². The maximum absolute atomic E-state index is 12.2. The fourth-order valence-corrected chi connectivity index (χ4v) is 3.90. The van der Waals surface area contributed by atoms with Gasteiger partial charge in [-0.15, -0.1) is 0 Å². The molecule has 2 fully saturated rings. The summed E-state index contributed by atoms with van der Waals surface area (Å²) >= 11 is 0. The number of carbonyl (C=O) groups is 2. The fraction of sp³-hybridized carbons (Fsp3) is 0.385. The highest BCUT2D eigenvalue weighted by molar-refractivity contribution is 7.84. The summed E-state index contributed by atoms with van der Waals surface area (Å²) in [5, 5.41) is 21.2. The predicted octanol–water partition coefficient (Wildman–Crippen LogP) is -0.605. The van der Waals surface area contributed by atoms with E-state index < -0.39 is 34.3 Å². The number of phenols is 2. The van der Waals surface area contributed by atoms with Crippen LogP contribution in [0.5, 0.6) is 11.5 Å². The van der Waals surface area contributed by atoms with Gasteiger partial charge in [0.1, 0.15) is 6.04 Å². The van der Waals surface area contributed by atoms with Gasteiger partial charge < -0.3 is 20.4 Å². The number of fused-ring (bicyclic) bond motifs is 1. The van der Waals surface area contributed by atoms with Crippen LogP contribution in [0.2, 0.25) is 0 Å². The highest BCUT2D eigenvalue weighted by atomic mass is 32.2. The lowest BCUT2D eigenvalue weighted by atomic mass is 10.0. The smallest absolute Gasteiger partial charge is 0.362 e. The molecule has 10 nitrogen and oxygen atoms in total. The highest BCUT2D eigenvalue weighted by Crippen LogP contribution is 2.35. The van der Waals surface area contributed by atoms with Gasteiger partial charge in [-0.3, -0.25) is 9.35 Å². The van der Waals surface area contributed by atoms with Crippen LogP contribution >= 0.6 is 0 Å². The van der Waals surface area contributed by atoms with Crippen molar-refractivity contribution in [3.05, 3.63) is 23.8 Å². The number of benzene rings is 1. The van der Waals surface area contributed by atoms with Crippen LogP contribution in [-0.2, 0) is 21.6 Å². The number of carbonyl (C=O) groups excluding carboxylic acids is 2. The van der Waals surface area contributed by atoms with Crippen LogP contribution in [0.3, 0.4) is 0 Å². The van der Waals surface area contributed by atoms with E-state index >= 15 is 0 Å². The number of β-lactam (4-membered cyclic amide) rings is 1. The van der Waals surface area contributed by atoms with E-state index in [0.717, 1.165) is 0 Å². The number of aromatic hydroxyl groups is 2. The summed E-state index contributed by atoms with van der Waals surface area (Å²) < 4.78 is 31.6. The van der Waals surface area contributed by atoms with Gasteiger partial charge in [0.15, 0.2) is 11.5 Å². The molecule has 3 rings (SSSR count). The number of likely N-dealkylation sites (tertiary alicyclic amines) is 1. The molecule has 11 heteroatoms. The third-order valence-electron chi connectivity index (χ3n) is 4.13. The van der Waals surface area contributed by atoms with Crippen LogP contribution in [0.25, 0.3) is 0 Å². The van der Waals surface area contributed by atoms with E-state index in [1.54, 1.807) is 0 Å². The first-order valence-electron chi connectivity index (χ1n) is 7.06. The summed E-state index contributed by atoms with van der Waals surface area (Å²) in [6.45, 7) is 0.233. The minimum atomic E-state index is -4.61. The van der Waals surface area contributed by atoms with Crippen LogP contribution in [0.4, 0.5) is 4.79 Å². The lowest BCUT2D eigenvalue weighted by Gasteiger charge is -2.42. The minimum Gasteiger partial charge on any atom is -0.504 e. The van der Waals surface area contributed by atoms with Gasteiger partial charge >= 0.3 is 16.3 Å². The molecule has 3 amide bonds. The summed E-state index contributed by atoms with van der Waals surface area (Å²) in [5.41, 5.74) is 0.536. The first kappa shape index (κ1) is 16.3. The Kier molecular flexibility index (Phi) is 3.76. The van der Waals surface area contributed by atoms with Crippen LogP contribution in [0, 0.1) is 0 Å². The molecular weight excluding hydrogens is 342 g/mol. The number of rotatable bonds is 3. The van der Waals surface area contributed by atoms with Crippen LogP contribution in [0.1, 0.15) is 12.0 Å². The maximum atomic E-state index is 12.2. The molecule has 2 aliphatic rings. The minimum absolute atomic E-state index is 0.0523. The van der Waals surface area contributed by atoms with Crippen molar-refractivity contribution in [1.82, 2.24) is 14.5 Å². The highest BCUT2D eigenvalue weighted by Gasteiger charge is 2.59. The first-order chi connectivity index (χ1) is 11.2. The first-order valence-corrected chi connectivity index (χ1v) is 8.46. The molecular formula is C13H15N3O7S. The second-order valence-electron chi connectivity index (χ2n) is 5.59. The molecule has 4 N–H and O–H groups in total. The van der Waals surface area contributed by atoms with Gasteiger partial charge in [-0.25, -0.2) is 9.10 Å². The van der Waals surface area contributed by atoms with Crippen LogP contribution in [-0.4, -0.2) is 63.0 Å². The van der Waals surface area contributed by atoms with Gasteiger partial charge in [0, 0.05) is 13.1 Å². The van der Waals surface area contributed by atoms with Crippen molar-refractivity contribution in [2.45, 2.75) is 25.0 Å². The molecule has 0 aliphatic carbocycles. The van der Waals surface area contributed by atoms with Crippen LogP contribution in [0.15, 0.2) is 18.2 Å². The number of nitrogens with one attached hydrogen (secondary N) is 1. The molecule has 130 valence electrons. The summed E-state index contributed by atoms with van der Waals surface area (Å²) in [6.07, 6.45) is 0.254. The van der Waals surface area contributed by atoms with E-state index in [9.17, 15) is 28.2 Å². The van der Waals surface area contributed by atoms with Crippen molar-refractivity contribution in [3.63, 3.8) is 0 Å². The van der Waals surface area contributed by atoms with Gasteiger partial charge in [0.25, 0.3) is 5.91 Å². The summed E-state index contributed by atoms with van der Waals surface area (Å²) in [6, 6.07) is 1.88. The molecule has 0 spiro atoms. The Morgan fingerprint density at radius 3 is 2.62 bits per heavy atom. The zero-order chi connectivity index (χ0) is 17.6. The lowest BCUT2D eigenvalue weighted by Crippen LogP contribution is -2.68. The van der Waals surface area contributed by atoms with Crippen molar-refractivity contribution >= 4 is 22.2 Å².